The number of cyclic esters (lactones) is 2. The van der Waals surface area contributed by atoms with E-state index < -0.39 is 24.3 Å². The van der Waals surface area contributed by atoms with Crippen LogP contribution in [0.25, 0.3) is 0 Å². The molecule has 0 aromatic rings. The average molecular weight is 319 g/mol. The van der Waals surface area contributed by atoms with Crippen molar-refractivity contribution in [2.45, 2.75) is 33.8 Å². The van der Waals surface area contributed by atoms with Crippen molar-refractivity contribution in [1.82, 2.24) is 5.32 Å². The van der Waals surface area contributed by atoms with Crippen LogP contribution in [0.2, 0.25) is 0 Å². The molecule has 1 fully saturated rings. The maximum Gasteiger partial charge on any atom is 0.508 e. The van der Waals surface area contributed by atoms with Gasteiger partial charge in [0.05, 0.1) is 6.54 Å². The lowest BCUT2D eigenvalue weighted by Crippen LogP contribution is -2.34. The molecule has 1 aliphatic rings. The predicted molar refractivity (Wildman–Crippen MR) is 79.4 cm³/mol. The first-order chi connectivity index (χ1) is 10.6. The van der Waals surface area contributed by atoms with Gasteiger partial charge in [-0.1, -0.05) is 34.3 Å². The molecule has 0 radical (unpaired) electrons. The molecule has 0 aromatic carbocycles. The molecule has 128 valence electrons. The first kappa shape index (κ1) is 22.0. The number of carbonyl (C=O) groups excluding carboxylic acids is 3. The van der Waals surface area contributed by atoms with Gasteiger partial charge in [0.2, 0.25) is 0 Å². The van der Waals surface area contributed by atoms with Gasteiger partial charge in [-0.05, 0) is 0 Å². The largest absolute Gasteiger partial charge is 0.508 e. The summed E-state index contributed by atoms with van der Waals surface area (Å²) in [7, 11) is 0. The van der Waals surface area contributed by atoms with Crippen molar-refractivity contribution >= 4 is 18.2 Å². The zero-order valence-electron chi connectivity index (χ0n) is 13.5. The molecule has 1 amide bonds. The number of rotatable bonds is 6. The van der Waals surface area contributed by atoms with Gasteiger partial charge in [0.25, 0.3) is 0 Å². The summed E-state index contributed by atoms with van der Waals surface area (Å²) >= 11 is 0. The highest BCUT2D eigenvalue weighted by Gasteiger charge is 2.25. The number of hydrogen-bond acceptors (Lipinski definition) is 7. The zero-order valence-corrected chi connectivity index (χ0v) is 13.5. The minimum Gasteiger partial charge on any atom is -0.459 e. The van der Waals surface area contributed by atoms with Gasteiger partial charge in [-0.3, -0.25) is 0 Å². The van der Waals surface area contributed by atoms with E-state index in [0.29, 0.717) is 0 Å². The Hall–Kier alpha value is -2.25. The Morgan fingerprint density at radius 1 is 1.27 bits per heavy atom. The number of ether oxygens (including phenoxy) is 4. The van der Waals surface area contributed by atoms with Crippen molar-refractivity contribution in [3.8, 4) is 0 Å². The third kappa shape index (κ3) is 11.6. The van der Waals surface area contributed by atoms with Gasteiger partial charge in [0, 0.05) is 6.08 Å². The summed E-state index contributed by atoms with van der Waals surface area (Å²) < 4.78 is 18.4. The molecule has 0 spiro atoms. The molecule has 8 heteroatoms. The molecule has 0 aliphatic carbocycles. The maximum atomic E-state index is 11.1. The highest BCUT2D eigenvalue weighted by atomic mass is 16.8. The molecule has 8 nitrogen and oxygen atoms in total. The van der Waals surface area contributed by atoms with Gasteiger partial charge in [-0.15, -0.1) is 0 Å². The number of nitrogens with one attached hydrogen (secondary N) is 1. The smallest absolute Gasteiger partial charge is 0.459 e. The van der Waals surface area contributed by atoms with E-state index >= 15 is 0 Å². The van der Waals surface area contributed by atoms with Crippen molar-refractivity contribution in [1.29, 1.82) is 0 Å². The Bertz CT molecular complexity index is 344. The SMILES string of the molecule is C=CC(=O)OCCOC(=O)NCC1COC(=O)O1.CC.CC. The minimum atomic E-state index is -0.758. The number of hydrogen-bond donors (Lipinski definition) is 1. The lowest BCUT2D eigenvalue weighted by atomic mass is 10.4. The second-order valence-corrected chi connectivity index (χ2v) is 3.19. The number of esters is 1. The molecule has 1 saturated heterocycles. The van der Waals surface area contributed by atoms with Crippen molar-refractivity contribution in [2.24, 2.45) is 0 Å². The van der Waals surface area contributed by atoms with E-state index in [4.69, 9.17) is 0 Å². The molecule has 0 aromatic heterocycles. The second kappa shape index (κ2) is 15.1. The summed E-state index contributed by atoms with van der Waals surface area (Å²) in [4.78, 5) is 32.3. The highest BCUT2D eigenvalue weighted by Crippen LogP contribution is 2.04. The molecule has 1 unspecified atom stereocenters. The van der Waals surface area contributed by atoms with Gasteiger partial charge < -0.3 is 24.3 Å². The van der Waals surface area contributed by atoms with E-state index in [9.17, 15) is 14.4 Å². The fraction of sp³-hybridized carbons (Fsp3) is 0.643. The summed E-state index contributed by atoms with van der Waals surface area (Å²) in [5, 5.41) is 2.37. The fourth-order valence-corrected chi connectivity index (χ4v) is 1.05. The Labute approximate surface area is 130 Å². The monoisotopic (exact) mass is 319 g/mol. The van der Waals surface area contributed by atoms with Crippen LogP contribution in [0.5, 0.6) is 0 Å². The Kier molecular flexibility index (Phi) is 15.2. The molecular weight excluding hydrogens is 294 g/mol. The summed E-state index contributed by atoms with van der Waals surface area (Å²) in [5.74, 6) is -0.589. The van der Waals surface area contributed by atoms with Crippen LogP contribution in [0, 0.1) is 0 Å². The van der Waals surface area contributed by atoms with Gasteiger partial charge in [-0.25, -0.2) is 14.4 Å². The van der Waals surface area contributed by atoms with Crippen LogP contribution < -0.4 is 5.32 Å². The summed E-state index contributed by atoms with van der Waals surface area (Å²) in [6, 6.07) is 0. The first-order valence-corrected chi connectivity index (χ1v) is 7.15. The van der Waals surface area contributed by atoms with Crippen molar-refractivity contribution in [3.63, 3.8) is 0 Å². The maximum absolute atomic E-state index is 11.1. The van der Waals surface area contributed by atoms with Crippen LogP contribution in [0.1, 0.15) is 27.7 Å². The highest BCUT2D eigenvalue weighted by molar-refractivity contribution is 5.81. The summed E-state index contributed by atoms with van der Waals surface area (Å²) in [6.07, 6.45) is -0.961. The van der Waals surface area contributed by atoms with Crippen LogP contribution in [0.3, 0.4) is 0 Å². The van der Waals surface area contributed by atoms with Crippen molar-refractivity contribution < 1.29 is 33.3 Å². The van der Waals surface area contributed by atoms with E-state index in [1.165, 1.54) is 0 Å². The van der Waals surface area contributed by atoms with Gasteiger partial charge in [0.1, 0.15) is 19.8 Å². The Morgan fingerprint density at radius 3 is 2.36 bits per heavy atom. The lowest BCUT2D eigenvalue weighted by molar-refractivity contribution is -0.138. The standard InChI is InChI=1S/C10H13NO7.2C2H6/c1-2-8(12)15-3-4-16-9(13)11-5-7-6-17-10(14)18-7;2*1-2/h2,7H,1,3-6H2,(H,11,13);2*1-2H3. The van der Waals surface area contributed by atoms with Crippen LogP contribution in [0.4, 0.5) is 9.59 Å². The molecule has 1 rings (SSSR count). The summed E-state index contributed by atoms with van der Waals surface area (Å²) in [6.45, 7) is 11.3. The third-order valence-corrected chi connectivity index (χ3v) is 1.85. The van der Waals surface area contributed by atoms with Gasteiger partial charge in [-0.2, -0.15) is 0 Å². The van der Waals surface area contributed by atoms with Crippen molar-refractivity contribution in [3.05, 3.63) is 12.7 Å². The van der Waals surface area contributed by atoms with Crippen LogP contribution in [0.15, 0.2) is 12.7 Å². The molecular formula is C14H25NO7. The normalized spacial score (nSPS) is 14.7. The van der Waals surface area contributed by atoms with Crippen LogP contribution in [-0.2, 0) is 23.7 Å². The number of amides is 1. The topological polar surface area (TPSA) is 100 Å². The molecule has 1 aliphatic heterocycles. The third-order valence-electron chi connectivity index (χ3n) is 1.85. The Balaban J connectivity index is 0. The quantitative estimate of drug-likeness (QED) is 0.346. The molecule has 1 atom stereocenters. The van der Waals surface area contributed by atoms with Crippen molar-refractivity contribution in [2.75, 3.05) is 26.4 Å². The van der Waals surface area contributed by atoms with Crippen LogP contribution in [-0.4, -0.2) is 50.7 Å². The molecule has 22 heavy (non-hydrogen) atoms. The molecule has 0 saturated carbocycles. The molecule has 0 bridgehead atoms. The number of alkyl carbamates (subject to hydrolysis) is 1. The first-order valence-electron chi connectivity index (χ1n) is 7.15. The van der Waals surface area contributed by atoms with E-state index in [1.807, 2.05) is 27.7 Å². The van der Waals surface area contributed by atoms with E-state index in [1.54, 1.807) is 0 Å². The lowest BCUT2D eigenvalue weighted by Gasteiger charge is -2.09. The zero-order chi connectivity index (χ0) is 17.4. The van der Waals surface area contributed by atoms with E-state index in [0.717, 1.165) is 6.08 Å². The number of carbonyl (C=O) groups is 3. The van der Waals surface area contributed by atoms with Crippen LogP contribution >= 0.6 is 0 Å². The van der Waals surface area contributed by atoms with E-state index in [-0.39, 0.29) is 26.4 Å². The second-order valence-electron chi connectivity index (χ2n) is 3.19. The minimum absolute atomic E-state index is 0.0558. The summed E-state index contributed by atoms with van der Waals surface area (Å²) in [5.41, 5.74) is 0. The van der Waals surface area contributed by atoms with Gasteiger partial charge in [0.15, 0.2) is 6.10 Å². The fourth-order valence-electron chi connectivity index (χ4n) is 1.05. The predicted octanol–water partition coefficient (Wildman–Crippen LogP) is 2.03. The molecule has 1 heterocycles. The average Bonchev–Trinajstić information content (AvgIpc) is 2.98. The van der Waals surface area contributed by atoms with E-state index in [2.05, 4.69) is 30.8 Å². The Morgan fingerprint density at radius 2 is 1.86 bits per heavy atom. The molecule has 1 N–H and O–H groups in total. The van der Waals surface area contributed by atoms with Gasteiger partial charge >= 0.3 is 18.2 Å².